The summed E-state index contributed by atoms with van der Waals surface area (Å²) in [6.45, 7) is 4.64. The van der Waals surface area contributed by atoms with Gasteiger partial charge in [0.05, 0.1) is 10.8 Å². The Kier molecular flexibility index (Phi) is 5.36. The first-order valence-corrected chi connectivity index (χ1v) is 14.4. The van der Waals surface area contributed by atoms with Crippen LogP contribution in [0.1, 0.15) is 25.0 Å². The van der Waals surface area contributed by atoms with Crippen LogP contribution in [0, 0.1) is 0 Å². The van der Waals surface area contributed by atoms with Gasteiger partial charge in [-0.3, -0.25) is 4.79 Å². The van der Waals surface area contributed by atoms with E-state index in [9.17, 15) is 4.79 Å². The van der Waals surface area contributed by atoms with Crippen molar-refractivity contribution in [3.63, 3.8) is 0 Å². The van der Waals surface area contributed by atoms with Gasteiger partial charge in [-0.25, -0.2) is 0 Å². The lowest BCUT2D eigenvalue weighted by Gasteiger charge is -2.22. The molecule has 0 radical (unpaired) electrons. The molecular formula is C40H28O2. The zero-order valence-corrected chi connectivity index (χ0v) is 23.5. The molecule has 0 spiro atoms. The molecule has 0 unspecified atom stereocenters. The van der Waals surface area contributed by atoms with Gasteiger partial charge in [-0.2, -0.15) is 0 Å². The quantitative estimate of drug-likeness (QED) is 0.209. The third kappa shape index (κ3) is 3.69. The summed E-state index contributed by atoms with van der Waals surface area (Å²) in [6, 6.07) is 46.1. The highest BCUT2D eigenvalue weighted by atomic mass is 16.3. The van der Waals surface area contributed by atoms with Crippen LogP contribution >= 0.6 is 0 Å². The molecule has 6 aromatic carbocycles. The van der Waals surface area contributed by atoms with E-state index in [-0.39, 0.29) is 10.8 Å². The zero-order valence-electron chi connectivity index (χ0n) is 23.5. The monoisotopic (exact) mass is 540 g/mol. The Bertz CT molecular complexity index is 2250. The molecule has 0 N–H and O–H groups in total. The Morgan fingerprint density at radius 2 is 1.05 bits per heavy atom. The molecule has 1 aliphatic carbocycles. The van der Waals surface area contributed by atoms with Crippen LogP contribution in [0.25, 0.3) is 66.4 Å². The fraction of sp³-hybridized carbons (Fsp3) is 0.0750. The summed E-state index contributed by atoms with van der Waals surface area (Å²) in [6.07, 6.45) is 0. The van der Waals surface area contributed by atoms with Gasteiger partial charge in [0.25, 0.3) is 0 Å². The number of rotatable bonds is 3. The van der Waals surface area contributed by atoms with E-state index < -0.39 is 0 Å². The Hall–Kier alpha value is -5.21. The Morgan fingerprint density at radius 3 is 1.86 bits per heavy atom. The molecule has 2 heteroatoms. The number of hydrogen-bond donors (Lipinski definition) is 0. The first-order chi connectivity index (χ1) is 20.5. The first kappa shape index (κ1) is 24.6. The molecule has 1 aliphatic rings. The van der Waals surface area contributed by atoms with Gasteiger partial charge in [0.15, 0.2) is 0 Å². The minimum absolute atomic E-state index is 0.00321. The van der Waals surface area contributed by atoms with Crippen molar-refractivity contribution in [3.05, 3.63) is 155 Å². The van der Waals surface area contributed by atoms with E-state index in [1.807, 2.05) is 42.5 Å². The summed E-state index contributed by atoms with van der Waals surface area (Å²) < 4.78 is 6.14. The molecule has 200 valence electrons. The molecule has 0 fully saturated rings. The van der Waals surface area contributed by atoms with E-state index in [1.54, 1.807) is 0 Å². The van der Waals surface area contributed by atoms with E-state index in [2.05, 4.69) is 105 Å². The molecule has 1 heterocycles. The molecule has 0 atom stereocenters. The highest BCUT2D eigenvalue weighted by molar-refractivity contribution is 5.99. The first-order valence-electron chi connectivity index (χ1n) is 14.4. The van der Waals surface area contributed by atoms with Crippen LogP contribution in [0.4, 0.5) is 0 Å². The third-order valence-electron chi connectivity index (χ3n) is 8.89. The maximum absolute atomic E-state index is 13.6. The van der Waals surface area contributed by atoms with Crippen molar-refractivity contribution >= 4 is 21.9 Å². The third-order valence-corrected chi connectivity index (χ3v) is 8.89. The molecule has 7 aromatic rings. The van der Waals surface area contributed by atoms with Crippen molar-refractivity contribution in [2.24, 2.45) is 0 Å². The van der Waals surface area contributed by atoms with E-state index >= 15 is 0 Å². The minimum atomic E-state index is -0.0373. The lowest BCUT2D eigenvalue weighted by molar-refractivity contribution is 0.660. The summed E-state index contributed by atoms with van der Waals surface area (Å²) in [5.41, 5.74) is 13.1. The van der Waals surface area contributed by atoms with Gasteiger partial charge in [-0.1, -0.05) is 111 Å². The number of hydrogen-bond acceptors (Lipinski definition) is 2. The lowest BCUT2D eigenvalue weighted by atomic mass is 9.81. The normalized spacial score (nSPS) is 13.3. The summed E-state index contributed by atoms with van der Waals surface area (Å²) in [7, 11) is 0. The molecule has 42 heavy (non-hydrogen) atoms. The van der Waals surface area contributed by atoms with Crippen molar-refractivity contribution in [1.29, 1.82) is 0 Å². The number of fused-ring (bicyclic) bond motifs is 5. The van der Waals surface area contributed by atoms with Crippen molar-refractivity contribution in [2.45, 2.75) is 19.3 Å². The molecule has 1 aromatic heterocycles. The lowest BCUT2D eigenvalue weighted by Crippen LogP contribution is -2.14. The van der Waals surface area contributed by atoms with Crippen molar-refractivity contribution < 1.29 is 4.42 Å². The number of benzene rings is 6. The van der Waals surface area contributed by atoms with Gasteiger partial charge in [0.2, 0.25) is 5.43 Å². The second-order valence-electron chi connectivity index (χ2n) is 11.7. The van der Waals surface area contributed by atoms with Crippen LogP contribution in [-0.2, 0) is 5.41 Å². The molecule has 0 bridgehead atoms. The van der Waals surface area contributed by atoms with E-state index in [1.165, 1.54) is 33.4 Å². The topological polar surface area (TPSA) is 30.2 Å². The summed E-state index contributed by atoms with van der Waals surface area (Å²) in [5, 5.41) is 1.21. The van der Waals surface area contributed by atoms with E-state index in [0.29, 0.717) is 21.9 Å². The SMILES string of the molecule is CC1(C)c2ccccc2-c2ccc(-c3cccc(-c4cccc(-c5cccc6oc7ccccc7c(=O)c56)c4)c3)cc21. The van der Waals surface area contributed by atoms with Crippen LogP contribution in [0.3, 0.4) is 0 Å². The Labute approximate surface area is 244 Å². The van der Waals surface area contributed by atoms with Crippen molar-refractivity contribution in [1.82, 2.24) is 0 Å². The molecule has 0 saturated carbocycles. The fourth-order valence-corrected chi connectivity index (χ4v) is 6.72. The zero-order chi connectivity index (χ0) is 28.4. The largest absolute Gasteiger partial charge is 0.456 e. The van der Waals surface area contributed by atoms with Crippen LogP contribution in [-0.4, -0.2) is 0 Å². The minimum Gasteiger partial charge on any atom is -0.456 e. The highest BCUT2D eigenvalue weighted by Crippen LogP contribution is 2.49. The Balaban J connectivity index is 1.21. The second-order valence-corrected chi connectivity index (χ2v) is 11.7. The highest BCUT2D eigenvalue weighted by Gasteiger charge is 2.35. The van der Waals surface area contributed by atoms with Gasteiger partial charge in [-0.05, 0) is 92.0 Å². The predicted octanol–water partition coefficient (Wildman–Crippen LogP) is 10.3. The average Bonchev–Trinajstić information content (AvgIpc) is 3.27. The van der Waals surface area contributed by atoms with Gasteiger partial charge >= 0.3 is 0 Å². The van der Waals surface area contributed by atoms with Gasteiger partial charge in [0.1, 0.15) is 11.2 Å². The maximum Gasteiger partial charge on any atom is 0.201 e. The summed E-state index contributed by atoms with van der Waals surface area (Å²) >= 11 is 0. The van der Waals surface area contributed by atoms with Gasteiger partial charge < -0.3 is 4.42 Å². The summed E-state index contributed by atoms with van der Waals surface area (Å²) in [5.74, 6) is 0. The fourth-order valence-electron chi connectivity index (χ4n) is 6.72. The molecule has 2 nitrogen and oxygen atoms in total. The molecule has 8 rings (SSSR count). The average molecular weight is 541 g/mol. The van der Waals surface area contributed by atoms with Crippen LogP contribution in [0.2, 0.25) is 0 Å². The maximum atomic E-state index is 13.6. The van der Waals surface area contributed by atoms with Crippen molar-refractivity contribution in [2.75, 3.05) is 0 Å². The Morgan fingerprint density at radius 1 is 0.476 bits per heavy atom. The van der Waals surface area contributed by atoms with Crippen LogP contribution in [0.5, 0.6) is 0 Å². The molecule has 0 aliphatic heterocycles. The smallest absolute Gasteiger partial charge is 0.201 e. The van der Waals surface area contributed by atoms with Crippen molar-refractivity contribution in [3.8, 4) is 44.5 Å². The predicted molar refractivity (Wildman–Crippen MR) is 174 cm³/mol. The van der Waals surface area contributed by atoms with Gasteiger partial charge in [0, 0.05) is 5.41 Å². The standard InChI is InChI=1S/C40H28O2/c1-40(2)34-17-5-3-14-31(34)32-21-20-28(24-35(32)40)26-11-7-10-25(22-26)27-12-8-13-29(23-27)30-16-9-19-37-38(30)39(41)33-15-4-6-18-36(33)42-37/h3-24H,1-2H3. The molecule has 0 saturated heterocycles. The molecular weight excluding hydrogens is 512 g/mol. The second kappa shape index (κ2) is 9.15. The van der Waals surface area contributed by atoms with Crippen LogP contribution in [0.15, 0.2) is 143 Å². The number of para-hydroxylation sites is 1. The summed E-state index contributed by atoms with van der Waals surface area (Å²) in [4.78, 5) is 13.6. The van der Waals surface area contributed by atoms with Gasteiger partial charge in [-0.15, -0.1) is 0 Å². The van der Waals surface area contributed by atoms with Crippen LogP contribution < -0.4 is 5.43 Å². The molecule has 0 amide bonds. The van der Waals surface area contributed by atoms with E-state index in [0.717, 1.165) is 22.3 Å². The van der Waals surface area contributed by atoms with E-state index in [4.69, 9.17) is 4.42 Å².